The quantitative estimate of drug-likeness (QED) is 0.118. The van der Waals surface area contributed by atoms with Gasteiger partial charge >= 0.3 is 0 Å². The third-order valence-corrected chi connectivity index (χ3v) is 15.2. The van der Waals surface area contributed by atoms with Gasteiger partial charge in [0.15, 0.2) is 0 Å². The number of rotatable bonds is 7. The maximum Gasteiger partial charge on any atom is 0.140 e. The second kappa shape index (κ2) is 17.8. The number of benzene rings is 6. The van der Waals surface area contributed by atoms with Crippen molar-refractivity contribution >= 4 is 46.4 Å². The Hall–Kier alpha value is -6.24. The molecule has 0 spiro atoms. The molecule has 0 bridgehead atoms. The van der Waals surface area contributed by atoms with Crippen LogP contribution < -0.4 is 5.19 Å². The number of furan rings is 1. The summed E-state index contributed by atoms with van der Waals surface area (Å²) in [6.07, 6.45) is 2.02. The Morgan fingerprint density at radius 3 is 2.12 bits per heavy atom. The molecule has 1 aliphatic carbocycles. The van der Waals surface area contributed by atoms with Crippen molar-refractivity contribution < 1.29 is 28.6 Å². The molecule has 0 aliphatic heterocycles. The van der Waals surface area contributed by atoms with Gasteiger partial charge in [-0.2, -0.15) is 0 Å². The van der Waals surface area contributed by atoms with Gasteiger partial charge in [0, 0.05) is 47.1 Å². The molecule has 0 saturated carbocycles. The smallest absolute Gasteiger partial charge is 0.140 e. The van der Waals surface area contributed by atoms with Crippen molar-refractivity contribution in [2.45, 2.75) is 85.3 Å². The summed E-state index contributed by atoms with van der Waals surface area (Å²) in [5, 5.41) is 2.26. The molecule has 1 radical (unpaired) electrons. The van der Waals surface area contributed by atoms with Gasteiger partial charge in [-0.1, -0.05) is 146 Å². The molecule has 10 aromatic rings. The molecule has 0 amide bonds. The Kier molecular flexibility index (Phi) is 11.2. The van der Waals surface area contributed by atoms with E-state index in [1.807, 2.05) is 54.7 Å². The molecule has 5 nitrogen and oxygen atoms in total. The van der Waals surface area contributed by atoms with Crippen LogP contribution in [0.15, 0.2) is 150 Å². The molecule has 7 heteroatoms. The van der Waals surface area contributed by atoms with Gasteiger partial charge in [0.25, 0.3) is 0 Å². The summed E-state index contributed by atoms with van der Waals surface area (Å²) in [4.78, 5) is 15.1. The topological polar surface area (TPSA) is 56.7 Å². The summed E-state index contributed by atoms with van der Waals surface area (Å²) in [5.74, 6) is 0.802. The summed E-state index contributed by atoms with van der Waals surface area (Å²) in [6.45, 7) is 17.8. The molecule has 0 N–H and O–H groups in total. The number of pyridine rings is 2. The molecular formula is C60H56IrN4OSi-2. The molecule has 4 aromatic heterocycles. The zero-order valence-corrected chi connectivity index (χ0v) is 42.9. The van der Waals surface area contributed by atoms with Crippen molar-refractivity contribution in [3.05, 3.63) is 186 Å². The molecule has 4 heterocycles. The second-order valence-corrected chi connectivity index (χ2v) is 24.8. The largest absolute Gasteiger partial charge is 0.499 e. The van der Waals surface area contributed by atoms with Crippen LogP contribution in [0, 0.1) is 19.0 Å². The molecule has 0 saturated heterocycles. The molecule has 0 atom stereocenters. The van der Waals surface area contributed by atoms with Gasteiger partial charge in [-0.25, -0.2) is 4.98 Å². The van der Waals surface area contributed by atoms with Gasteiger partial charge in [0.1, 0.15) is 5.58 Å². The van der Waals surface area contributed by atoms with Gasteiger partial charge < -0.3 is 14.0 Å². The Morgan fingerprint density at radius 1 is 0.716 bits per heavy atom. The molecular weight excluding hydrogens is 1010 g/mol. The minimum atomic E-state index is -2.38. The first-order chi connectivity index (χ1) is 32.9. The first kappa shape index (κ1) is 42.1. The number of hydrogen-bond donors (Lipinski definition) is 0. The van der Waals surface area contributed by atoms with Crippen LogP contribution in [0.25, 0.3) is 83.7 Å². The average molecular weight is 1070 g/mol. The van der Waals surface area contributed by atoms with Crippen LogP contribution in [0.3, 0.4) is 0 Å². The number of para-hydroxylation sites is 1. The Labute approximate surface area is 414 Å². The van der Waals surface area contributed by atoms with Crippen molar-refractivity contribution in [2.24, 2.45) is 0 Å². The number of imidazole rings is 1. The predicted molar refractivity (Wildman–Crippen MR) is 278 cm³/mol. The van der Waals surface area contributed by atoms with Crippen molar-refractivity contribution in [3.8, 4) is 50.6 Å². The zero-order valence-electron chi connectivity index (χ0n) is 42.5. The van der Waals surface area contributed by atoms with Crippen molar-refractivity contribution in [1.82, 2.24) is 19.5 Å². The van der Waals surface area contributed by atoms with Crippen molar-refractivity contribution in [3.63, 3.8) is 0 Å². The minimum Gasteiger partial charge on any atom is -0.499 e. The first-order valence-electron chi connectivity index (χ1n) is 24.5. The van der Waals surface area contributed by atoms with Gasteiger partial charge in [0.2, 0.25) is 0 Å². The standard InChI is InChI=1S/C46H40N3O.C14H16NSi.Ir/c1-26(2)34-23-30(29-16-9-8-10-17-29)24-35(27(3)4)42(34)49-41-28(5)15-13-22-38(41)47-45(49)33-20-14-19-32-40-39(50-43(32)33)25-36-31-18-11-12-21-37(31)46(6,7)44(36)48-40;1-16(2,3)13-9-10-14(15-11-13)12-7-5-4-6-8-12;/h8-19,21-27H,1-7H3;4-7,9-11H,1-3H3;/q2*-1;/i5D3;;. The van der Waals surface area contributed by atoms with Gasteiger partial charge in [0.05, 0.1) is 41.7 Å². The SMILES string of the molecule is C[Si](C)(C)c1ccc(-c2[c-]cccc2)nc1.[2H]C([2H])([2H])c1cccc2nc(-c3[c-]ccc4c3oc3cc5c(nc34)C(C)(C)c3ccccc3-5)n(-c3c(C(C)C)cc(-c4ccccc4)cc3C(C)C)c12.[Ir]. The van der Waals surface area contributed by atoms with Crippen LogP contribution in [0.4, 0.5) is 0 Å². The number of aryl methyl sites for hydroxylation is 1. The van der Waals surface area contributed by atoms with Crippen LogP contribution in [-0.2, 0) is 25.5 Å². The molecule has 337 valence electrons. The van der Waals surface area contributed by atoms with E-state index in [4.69, 9.17) is 18.5 Å². The molecule has 0 unspecified atom stereocenters. The number of nitrogens with zero attached hydrogens (tertiary/aromatic N) is 4. The van der Waals surface area contributed by atoms with E-state index in [0.29, 0.717) is 33.6 Å². The summed E-state index contributed by atoms with van der Waals surface area (Å²) in [6, 6.07) is 53.8. The third-order valence-electron chi connectivity index (χ3n) is 13.1. The Bertz CT molecular complexity index is 3520. The third kappa shape index (κ3) is 8.11. The van der Waals surface area contributed by atoms with Gasteiger partial charge in [-0.3, -0.25) is 4.98 Å². The van der Waals surface area contributed by atoms with E-state index in [1.54, 1.807) is 12.1 Å². The molecule has 67 heavy (non-hydrogen) atoms. The van der Waals surface area contributed by atoms with E-state index < -0.39 is 14.9 Å². The van der Waals surface area contributed by atoms with E-state index in [0.717, 1.165) is 61.4 Å². The fraction of sp³-hybridized carbons (Fsp3) is 0.217. The molecule has 6 aromatic carbocycles. The van der Waals surface area contributed by atoms with Crippen molar-refractivity contribution in [2.75, 3.05) is 0 Å². The van der Waals surface area contributed by atoms with Crippen LogP contribution in [0.2, 0.25) is 19.6 Å². The fourth-order valence-electron chi connectivity index (χ4n) is 9.57. The normalized spacial score (nSPS) is 13.7. The maximum absolute atomic E-state index is 8.66. The Morgan fingerprint density at radius 2 is 1.45 bits per heavy atom. The van der Waals surface area contributed by atoms with Gasteiger partial charge in [-0.05, 0) is 98.2 Å². The number of aromatic nitrogens is 4. The summed E-state index contributed by atoms with van der Waals surface area (Å²) >= 11 is 0. The summed E-state index contributed by atoms with van der Waals surface area (Å²) in [5.41, 5.74) is 15.9. The zero-order chi connectivity index (χ0) is 48.6. The fourth-order valence-corrected chi connectivity index (χ4v) is 10.6. The predicted octanol–water partition coefficient (Wildman–Crippen LogP) is 15.4. The second-order valence-electron chi connectivity index (χ2n) is 19.7. The summed E-state index contributed by atoms with van der Waals surface area (Å²) in [7, 11) is -1.23. The van der Waals surface area contributed by atoms with E-state index in [9.17, 15) is 0 Å². The monoisotopic (exact) mass is 1070 g/mol. The first-order valence-corrected chi connectivity index (χ1v) is 26.5. The van der Waals surface area contributed by atoms with Crippen LogP contribution >= 0.6 is 0 Å². The van der Waals surface area contributed by atoms with Gasteiger partial charge in [-0.15, -0.1) is 54.1 Å². The maximum atomic E-state index is 8.66. The van der Waals surface area contributed by atoms with E-state index in [-0.39, 0.29) is 42.9 Å². The Balaban J connectivity index is 0.000000304. The molecule has 11 rings (SSSR count). The van der Waals surface area contributed by atoms with Crippen molar-refractivity contribution in [1.29, 1.82) is 0 Å². The number of fused-ring (bicyclic) bond motifs is 7. The summed E-state index contributed by atoms with van der Waals surface area (Å²) < 4.78 is 34.9. The van der Waals surface area contributed by atoms with Crippen LogP contribution in [0.1, 0.15) is 85.4 Å². The molecule has 1 aliphatic rings. The van der Waals surface area contributed by atoms with Crippen LogP contribution in [0.5, 0.6) is 0 Å². The van der Waals surface area contributed by atoms with E-state index in [2.05, 4.69) is 162 Å². The van der Waals surface area contributed by atoms with E-state index >= 15 is 0 Å². The average Bonchev–Trinajstić information content (AvgIpc) is 3.98. The van der Waals surface area contributed by atoms with Crippen LogP contribution in [-0.4, -0.2) is 27.6 Å². The minimum absolute atomic E-state index is 0. The number of hydrogen-bond acceptors (Lipinski definition) is 4. The van der Waals surface area contributed by atoms with E-state index in [1.165, 1.54) is 16.3 Å². The molecule has 0 fully saturated rings.